The van der Waals surface area contributed by atoms with Crippen LogP contribution in [0.1, 0.15) is 33.4 Å². The van der Waals surface area contributed by atoms with Gasteiger partial charge in [-0.25, -0.2) is 4.98 Å². The Morgan fingerprint density at radius 3 is 2.42 bits per heavy atom. The lowest BCUT2D eigenvalue weighted by Gasteiger charge is -2.27. The number of rotatable bonds is 6. The van der Waals surface area contributed by atoms with Crippen LogP contribution in [0.2, 0.25) is 0 Å². The molecule has 0 fully saturated rings. The lowest BCUT2D eigenvalue weighted by Crippen LogP contribution is -2.32. The number of imidazole rings is 1. The third-order valence-electron chi connectivity index (χ3n) is 2.94. The van der Waals surface area contributed by atoms with Crippen molar-refractivity contribution in [1.82, 2.24) is 9.38 Å². The van der Waals surface area contributed by atoms with Crippen molar-refractivity contribution >= 4 is 38.0 Å². The summed E-state index contributed by atoms with van der Waals surface area (Å²) in [5.74, 6) is 2.43. The molecule has 0 aliphatic heterocycles. The summed E-state index contributed by atoms with van der Waals surface area (Å²) in [5.41, 5.74) is 1.26. The summed E-state index contributed by atoms with van der Waals surface area (Å²) in [6.45, 7) is 11.2. The van der Waals surface area contributed by atoms with Crippen LogP contribution in [0.5, 0.6) is 0 Å². The van der Waals surface area contributed by atoms with E-state index < -0.39 is 0 Å². The van der Waals surface area contributed by atoms with Gasteiger partial charge in [0.05, 0.1) is 5.69 Å². The largest absolute Gasteiger partial charge is 0.355 e. The molecule has 0 aliphatic rings. The summed E-state index contributed by atoms with van der Waals surface area (Å²) >= 11 is 5.31. The van der Waals surface area contributed by atoms with Crippen LogP contribution in [-0.2, 0) is 5.33 Å². The zero-order valence-electron chi connectivity index (χ0n) is 12.1. The Balaban J connectivity index is 2.39. The van der Waals surface area contributed by atoms with Crippen LogP contribution < -0.4 is 4.90 Å². The fourth-order valence-electron chi connectivity index (χ4n) is 2.33. The predicted molar refractivity (Wildman–Crippen MR) is 87.6 cm³/mol. The van der Waals surface area contributed by atoms with Crippen molar-refractivity contribution in [3.8, 4) is 0 Å². The van der Waals surface area contributed by atoms with Gasteiger partial charge in [0.15, 0.2) is 10.8 Å². The zero-order valence-corrected chi connectivity index (χ0v) is 14.5. The molecule has 2 aromatic rings. The Morgan fingerprint density at radius 2 is 1.89 bits per heavy atom. The molecule has 2 aromatic heterocycles. The van der Waals surface area contributed by atoms with Gasteiger partial charge in [-0.15, -0.1) is 11.3 Å². The van der Waals surface area contributed by atoms with Gasteiger partial charge in [-0.1, -0.05) is 43.6 Å². The maximum atomic E-state index is 4.83. The van der Waals surface area contributed by atoms with Crippen LogP contribution in [0.15, 0.2) is 11.6 Å². The van der Waals surface area contributed by atoms with Gasteiger partial charge in [0.25, 0.3) is 0 Å². The van der Waals surface area contributed by atoms with E-state index in [4.69, 9.17) is 4.98 Å². The molecular formula is C14H22BrN3S. The molecule has 5 heteroatoms. The monoisotopic (exact) mass is 343 g/mol. The van der Waals surface area contributed by atoms with Crippen LogP contribution in [0.3, 0.4) is 0 Å². The number of fused-ring (bicyclic) bond motifs is 1. The summed E-state index contributed by atoms with van der Waals surface area (Å²) in [7, 11) is 0. The number of hydrogen-bond donors (Lipinski definition) is 0. The minimum absolute atomic E-state index is 0.640. The van der Waals surface area contributed by atoms with Gasteiger partial charge < -0.3 is 4.90 Å². The van der Waals surface area contributed by atoms with Crippen LogP contribution in [0.4, 0.5) is 5.82 Å². The number of hydrogen-bond acceptors (Lipinski definition) is 3. The maximum absolute atomic E-state index is 4.83. The Hall–Kier alpha value is -0.550. The normalized spacial score (nSPS) is 11.9. The van der Waals surface area contributed by atoms with Gasteiger partial charge in [-0.05, 0) is 11.8 Å². The second-order valence-corrected chi connectivity index (χ2v) is 7.20. The first-order valence-corrected chi connectivity index (χ1v) is 8.78. The highest BCUT2D eigenvalue weighted by molar-refractivity contribution is 9.08. The SMILES string of the molecule is CC(C)CN(CC(C)C)c1nc2sccn2c1CBr. The molecule has 0 amide bonds. The maximum Gasteiger partial charge on any atom is 0.195 e. The van der Waals surface area contributed by atoms with Gasteiger partial charge in [0.2, 0.25) is 0 Å². The molecule has 0 spiro atoms. The molecule has 3 nitrogen and oxygen atoms in total. The van der Waals surface area contributed by atoms with E-state index in [2.05, 4.69) is 64.5 Å². The van der Waals surface area contributed by atoms with Crippen molar-refractivity contribution in [2.75, 3.05) is 18.0 Å². The van der Waals surface area contributed by atoms with Crippen molar-refractivity contribution in [3.05, 3.63) is 17.3 Å². The topological polar surface area (TPSA) is 20.5 Å². The highest BCUT2D eigenvalue weighted by Gasteiger charge is 2.19. The van der Waals surface area contributed by atoms with E-state index in [0.29, 0.717) is 11.8 Å². The standard InChI is InChI=1S/C14H22BrN3S/c1-10(2)8-17(9-11(3)4)13-12(7-15)18-5-6-19-14(18)16-13/h5-6,10-11H,7-9H2,1-4H3. The molecule has 0 N–H and O–H groups in total. The Labute approximate surface area is 127 Å². The fourth-order valence-corrected chi connectivity index (χ4v) is 3.58. The van der Waals surface area contributed by atoms with E-state index in [9.17, 15) is 0 Å². The van der Waals surface area contributed by atoms with E-state index in [1.807, 2.05) is 0 Å². The van der Waals surface area contributed by atoms with Gasteiger partial charge >= 0.3 is 0 Å². The van der Waals surface area contributed by atoms with Crippen molar-refractivity contribution in [2.24, 2.45) is 11.8 Å². The number of nitrogens with zero attached hydrogens (tertiary/aromatic N) is 3. The number of anilines is 1. The second kappa shape index (κ2) is 6.27. The third-order valence-corrected chi connectivity index (χ3v) is 4.22. The Morgan fingerprint density at radius 1 is 1.26 bits per heavy atom. The summed E-state index contributed by atoms with van der Waals surface area (Å²) < 4.78 is 2.20. The zero-order chi connectivity index (χ0) is 14.0. The lowest BCUT2D eigenvalue weighted by atomic mass is 10.1. The molecular weight excluding hydrogens is 322 g/mol. The highest BCUT2D eigenvalue weighted by atomic mass is 79.9. The first-order valence-electron chi connectivity index (χ1n) is 6.78. The second-order valence-electron chi connectivity index (χ2n) is 5.76. The summed E-state index contributed by atoms with van der Waals surface area (Å²) in [5, 5.41) is 2.93. The Bertz CT molecular complexity index is 520. The van der Waals surface area contributed by atoms with E-state index in [1.165, 1.54) is 5.69 Å². The van der Waals surface area contributed by atoms with Gasteiger partial charge in [-0.3, -0.25) is 4.40 Å². The van der Waals surface area contributed by atoms with Crippen molar-refractivity contribution < 1.29 is 0 Å². The third kappa shape index (κ3) is 3.31. The van der Waals surface area contributed by atoms with Crippen molar-refractivity contribution in [3.63, 3.8) is 0 Å². The molecule has 0 unspecified atom stereocenters. The number of thiazole rings is 1. The van der Waals surface area contributed by atoms with Crippen LogP contribution in [0, 0.1) is 11.8 Å². The quantitative estimate of drug-likeness (QED) is 0.724. The molecule has 0 radical (unpaired) electrons. The molecule has 0 atom stereocenters. The lowest BCUT2D eigenvalue weighted by molar-refractivity contribution is 0.548. The number of alkyl halides is 1. The molecule has 106 valence electrons. The number of halogens is 1. The average Bonchev–Trinajstić information content (AvgIpc) is 2.85. The highest BCUT2D eigenvalue weighted by Crippen LogP contribution is 2.27. The predicted octanol–water partition coefficient (Wildman–Crippen LogP) is 4.41. The van der Waals surface area contributed by atoms with Crippen molar-refractivity contribution in [2.45, 2.75) is 33.0 Å². The smallest absolute Gasteiger partial charge is 0.195 e. The fraction of sp³-hybridized carbons (Fsp3) is 0.643. The Kier molecular flexibility index (Phi) is 4.90. The minimum atomic E-state index is 0.640. The average molecular weight is 344 g/mol. The van der Waals surface area contributed by atoms with Gasteiger partial charge in [0, 0.05) is 30.0 Å². The molecule has 0 bridgehead atoms. The van der Waals surface area contributed by atoms with Gasteiger partial charge in [-0.2, -0.15) is 0 Å². The molecule has 0 aliphatic carbocycles. The molecule has 2 heterocycles. The van der Waals surface area contributed by atoms with E-state index in [0.717, 1.165) is 29.2 Å². The molecule has 0 aromatic carbocycles. The molecule has 2 rings (SSSR count). The van der Waals surface area contributed by atoms with Crippen LogP contribution in [-0.4, -0.2) is 22.5 Å². The first kappa shape index (κ1) is 14.9. The first-order chi connectivity index (χ1) is 9.02. The summed E-state index contributed by atoms with van der Waals surface area (Å²) in [6.07, 6.45) is 2.11. The van der Waals surface area contributed by atoms with E-state index >= 15 is 0 Å². The van der Waals surface area contributed by atoms with E-state index in [1.54, 1.807) is 11.3 Å². The van der Waals surface area contributed by atoms with Gasteiger partial charge in [0.1, 0.15) is 0 Å². The van der Waals surface area contributed by atoms with Crippen LogP contribution in [0.25, 0.3) is 4.96 Å². The molecule has 0 saturated heterocycles. The summed E-state index contributed by atoms with van der Waals surface area (Å²) in [4.78, 5) is 8.35. The summed E-state index contributed by atoms with van der Waals surface area (Å²) in [6, 6.07) is 0. The molecule has 19 heavy (non-hydrogen) atoms. The van der Waals surface area contributed by atoms with Crippen LogP contribution >= 0.6 is 27.3 Å². The minimum Gasteiger partial charge on any atom is -0.355 e. The van der Waals surface area contributed by atoms with E-state index in [-0.39, 0.29) is 0 Å². The number of aromatic nitrogens is 2. The van der Waals surface area contributed by atoms with Crippen molar-refractivity contribution in [1.29, 1.82) is 0 Å². The molecule has 0 saturated carbocycles.